The van der Waals surface area contributed by atoms with Gasteiger partial charge >= 0.3 is 0 Å². The summed E-state index contributed by atoms with van der Waals surface area (Å²) >= 11 is 3.39. The summed E-state index contributed by atoms with van der Waals surface area (Å²) in [6.07, 6.45) is 0.526. The van der Waals surface area contributed by atoms with Crippen LogP contribution in [0.5, 0.6) is 0 Å². The highest BCUT2D eigenvalue weighted by molar-refractivity contribution is 7.74. The molecular weight excluding hydrogens is 446 g/mol. The van der Waals surface area contributed by atoms with E-state index in [1.807, 2.05) is 0 Å². The second-order valence-corrected chi connectivity index (χ2v) is 7.34. The van der Waals surface area contributed by atoms with Gasteiger partial charge in [0.15, 0.2) is 0 Å². The smallest absolute Gasteiger partial charge is 0.276 e. The highest BCUT2D eigenvalue weighted by Gasteiger charge is 2.22. The second-order valence-electron chi connectivity index (χ2n) is 6.34. The monoisotopic (exact) mass is 460 g/mol. The third kappa shape index (κ3) is 5.50. The van der Waals surface area contributed by atoms with Crippen LogP contribution in [0.15, 0.2) is 60.8 Å². The van der Waals surface area contributed by atoms with Crippen LogP contribution in [0, 0.1) is 10.1 Å². The van der Waals surface area contributed by atoms with Crippen LogP contribution in [0.25, 0.3) is 11.3 Å². The Labute approximate surface area is 184 Å². The molecule has 0 spiro atoms. The van der Waals surface area contributed by atoms with E-state index < -0.39 is 34.0 Å². The lowest BCUT2D eigenvalue weighted by molar-refractivity contribution is -0.386. The van der Waals surface area contributed by atoms with Gasteiger partial charge in [0.1, 0.15) is 6.10 Å². The third-order valence-corrected chi connectivity index (χ3v) is 5.09. The third-order valence-electron chi connectivity index (χ3n) is 4.32. The number of nitrogens with zero attached hydrogens (tertiary/aromatic N) is 2. The maximum atomic E-state index is 12.7. The van der Waals surface area contributed by atoms with E-state index in [1.165, 1.54) is 19.1 Å². The molecule has 0 aliphatic rings. The lowest BCUT2D eigenvalue weighted by Crippen LogP contribution is -2.13. The Morgan fingerprint density at radius 1 is 1.23 bits per heavy atom. The number of aromatic nitrogens is 1. The average molecular weight is 461 g/mol. The molecule has 3 aromatic rings. The molecule has 0 aliphatic carbocycles. The van der Waals surface area contributed by atoms with Gasteiger partial charge in [-0.25, -0.2) is 4.21 Å². The molecule has 0 saturated heterocycles. The van der Waals surface area contributed by atoms with Crippen LogP contribution >= 0.6 is 11.6 Å². The first-order valence-corrected chi connectivity index (χ1v) is 10.2. The Morgan fingerprint density at radius 3 is 2.65 bits per heavy atom. The molecule has 3 rings (SSSR count). The Kier molecular flexibility index (Phi) is 7.08. The Bertz CT molecular complexity index is 1160. The van der Waals surface area contributed by atoms with Crippen LogP contribution in [0.2, 0.25) is 5.02 Å². The molecule has 0 aliphatic heterocycles. The van der Waals surface area contributed by atoms with Crippen molar-refractivity contribution in [1.29, 1.82) is 0 Å². The number of pyridine rings is 1. The fraction of sp³-hybridized carbons (Fsp3) is 0.100. The summed E-state index contributed by atoms with van der Waals surface area (Å²) in [6.45, 7) is 1.35. The number of carbonyl (C=O) groups is 1. The zero-order valence-corrected chi connectivity index (χ0v) is 17.6. The van der Waals surface area contributed by atoms with Crippen molar-refractivity contribution in [3.63, 3.8) is 0 Å². The van der Waals surface area contributed by atoms with Crippen molar-refractivity contribution >= 4 is 40.2 Å². The number of nitro benzene ring substituents is 1. The Morgan fingerprint density at radius 2 is 2.00 bits per heavy atom. The molecule has 1 amide bonds. The van der Waals surface area contributed by atoms with E-state index in [9.17, 15) is 23.7 Å². The van der Waals surface area contributed by atoms with Crippen LogP contribution in [-0.2, 0) is 15.5 Å². The van der Waals surface area contributed by atoms with Crippen molar-refractivity contribution in [3.05, 3.63) is 87.1 Å². The number of amides is 1. The van der Waals surface area contributed by atoms with Crippen molar-refractivity contribution in [2.45, 2.75) is 13.0 Å². The molecule has 1 aromatic heterocycles. The summed E-state index contributed by atoms with van der Waals surface area (Å²) in [5, 5.41) is 14.5. The first-order chi connectivity index (χ1) is 14.8. The molecule has 2 unspecified atom stereocenters. The lowest BCUT2D eigenvalue weighted by Gasteiger charge is -2.15. The SMILES string of the molecule is CC(OS(=O)[O-])c1ccc(C(=O)Nc2ccc(Cl)c(-c3ccccn3)c2)cc1[N+](=O)[O-]. The van der Waals surface area contributed by atoms with E-state index in [2.05, 4.69) is 14.5 Å². The van der Waals surface area contributed by atoms with Gasteiger partial charge in [0, 0.05) is 29.1 Å². The number of carbonyl (C=O) groups excluding carboxylic acids is 1. The van der Waals surface area contributed by atoms with Crippen molar-refractivity contribution < 1.29 is 22.7 Å². The highest BCUT2D eigenvalue weighted by Crippen LogP contribution is 2.31. The fourth-order valence-electron chi connectivity index (χ4n) is 2.88. The van der Waals surface area contributed by atoms with E-state index in [0.717, 1.165) is 6.07 Å². The standard InChI is InChI=1S/C20H16ClN3O6S/c1-12(30-31(28)29)15-7-5-13(10-19(15)24(26)27)20(25)23-14-6-8-17(21)16(11-14)18-4-2-3-9-22-18/h2-12H,1H3,(H,23,25)(H,28,29)/p-1. The van der Waals surface area contributed by atoms with E-state index >= 15 is 0 Å². The first-order valence-electron chi connectivity index (χ1n) is 8.83. The average Bonchev–Trinajstić information content (AvgIpc) is 2.74. The van der Waals surface area contributed by atoms with Crippen LogP contribution in [0.4, 0.5) is 11.4 Å². The summed E-state index contributed by atoms with van der Waals surface area (Å²) in [5.41, 5.74) is 1.25. The van der Waals surface area contributed by atoms with Gasteiger partial charge in [-0.15, -0.1) is 0 Å². The minimum Gasteiger partial charge on any atom is -0.750 e. The summed E-state index contributed by atoms with van der Waals surface area (Å²) in [7, 11) is 0. The number of rotatable bonds is 7. The summed E-state index contributed by atoms with van der Waals surface area (Å²) < 4.78 is 26.0. The largest absolute Gasteiger partial charge is 0.750 e. The number of nitro groups is 1. The topological polar surface area (TPSA) is 134 Å². The normalized spacial score (nSPS) is 12.7. The van der Waals surface area contributed by atoms with E-state index in [1.54, 1.807) is 42.6 Å². The van der Waals surface area contributed by atoms with Gasteiger partial charge in [-0.05, 0) is 49.4 Å². The summed E-state index contributed by atoms with van der Waals surface area (Å²) in [6, 6.07) is 13.9. The number of halogens is 1. The lowest BCUT2D eigenvalue weighted by atomic mass is 10.0. The molecule has 0 bridgehead atoms. The number of benzene rings is 2. The highest BCUT2D eigenvalue weighted by atomic mass is 35.5. The van der Waals surface area contributed by atoms with Crippen molar-refractivity contribution in [2.75, 3.05) is 5.32 Å². The number of hydrogen-bond acceptors (Lipinski definition) is 7. The maximum Gasteiger partial charge on any atom is 0.276 e. The molecule has 0 fully saturated rings. The Balaban J connectivity index is 1.88. The van der Waals surface area contributed by atoms with Gasteiger partial charge < -0.3 is 9.87 Å². The van der Waals surface area contributed by atoms with Gasteiger partial charge in [-0.2, -0.15) is 0 Å². The molecule has 0 saturated carbocycles. The van der Waals surface area contributed by atoms with Gasteiger partial charge in [0.25, 0.3) is 11.6 Å². The first kappa shape index (κ1) is 22.5. The number of hydrogen-bond donors (Lipinski definition) is 1. The molecule has 31 heavy (non-hydrogen) atoms. The van der Waals surface area contributed by atoms with Crippen LogP contribution in [0.1, 0.15) is 28.9 Å². The zero-order chi connectivity index (χ0) is 22.5. The van der Waals surface area contributed by atoms with Crippen LogP contribution in [0.3, 0.4) is 0 Å². The van der Waals surface area contributed by atoms with Gasteiger partial charge in [0.05, 0.1) is 32.6 Å². The van der Waals surface area contributed by atoms with E-state index in [0.29, 0.717) is 22.0 Å². The molecule has 1 heterocycles. The van der Waals surface area contributed by atoms with Gasteiger partial charge in [0.2, 0.25) is 0 Å². The van der Waals surface area contributed by atoms with Crippen LogP contribution in [-0.4, -0.2) is 24.6 Å². The fourth-order valence-corrected chi connectivity index (χ4v) is 3.43. The number of nitrogens with one attached hydrogen (secondary N) is 1. The van der Waals surface area contributed by atoms with E-state index in [4.69, 9.17) is 11.6 Å². The quantitative estimate of drug-likeness (QED) is 0.313. The van der Waals surface area contributed by atoms with Crippen LogP contribution < -0.4 is 5.32 Å². The Hall–Kier alpha value is -3.18. The summed E-state index contributed by atoms with van der Waals surface area (Å²) in [5.74, 6) is -0.593. The molecule has 2 aromatic carbocycles. The zero-order valence-electron chi connectivity index (χ0n) is 16.0. The molecule has 1 N–H and O–H groups in total. The van der Waals surface area contributed by atoms with Crippen molar-refractivity contribution in [1.82, 2.24) is 4.98 Å². The second kappa shape index (κ2) is 9.75. The molecule has 160 valence electrons. The molecule has 9 nitrogen and oxygen atoms in total. The predicted octanol–water partition coefficient (Wildman–Crippen LogP) is 4.43. The summed E-state index contributed by atoms with van der Waals surface area (Å²) in [4.78, 5) is 27.6. The molecule has 11 heteroatoms. The van der Waals surface area contributed by atoms with Gasteiger partial charge in [-0.1, -0.05) is 17.7 Å². The molecular formula is C20H15ClN3O6S-. The van der Waals surface area contributed by atoms with Crippen molar-refractivity contribution in [2.24, 2.45) is 0 Å². The van der Waals surface area contributed by atoms with Gasteiger partial charge in [-0.3, -0.25) is 24.1 Å². The van der Waals surface area contributed by atoms with E-state index in [-0.39, 0.29) is 11.1 Å². The maximum absolute atomic E-state index is 12.7. The number of anilines is 1. The molecule has 0 radical (unpaired) electrons. The predicted molar refractivity (Wildman–Crippen MR) is 114 cm³/mol. The van der Waals surface area contributed by atoms with Crippen molar-refractivity contribution in [3.8, 4) is 11.3 Å². The minimum absolute atomic E-state index is 0.0141. The molecule has 2 atom stereocenters. The minimum atomic E-state index is -2.85.